The van der Waals surface area contributed by atoms with E-state index in [0.29, 0.717) is 11.8 Å². The summed E-state index contributed by atoms with van der Waals surface area (Å²) in [6, 6.07) is 6.12. The molecule has 1 aliphatic carbocycles. The number of fused-ring (bicyclic) bond motifs is 2. The maximum absolute atomic E-state index is 10.3. The molecule has 0 bridgehead atoms. The summed E-state index contributed by atoms with van der Waals surface area (Å²) in [5.74, 6) is 2.11. The SMILES string of the molecule is COc1cc2c(cc1O)-c1c(OC)c(OC)cc3c1C(C2)N(C)CC3. The maximum Gasteiger partial charge on any atom is 0.168 e. The largest absolute Gasteiger partial charge is 0.504 e. The third-order valence-electron chi connectivity index (χ3n) is 5.48. The zero-order chi connectivity index (χ0) is 17.7. The molecule has 0 saturated heterocycles. The summed E-state index contributed by atoms with van der Waals surface area (Å²) in [4.78, 5) is 2.39. The van der Waals surface area contributed by atoms with Crippen LogP contribution in [0, 0.1) is 0 Å². The standard InChI is InChI=1S/C20H23NO4/c1-21-6-5-11-8-17(24-3)20(25-4)19-13-10-15(22)16(23-2)9-12(13)7-14(21)18(11)19/h8-10,14,22H,5-7H2,1-4H3. The molecule has 5 heteroatoms. The Morgan fingerprint density at radius 3 is 2.40 bits per heavy atom. The highest BCUT2D eigenvalue weighted by atomic mass is 16.5. The van der Waals surface area contributed by atoms with Crippen LogP contribution in [-0.2, 0) is 12.8 Å². The van der Waals surface area contributed by atoms with Gasteiger partial charge in [-0.2, -0.15) is 0 Å². The molecule has 1 atom stereocenters. The number of hydrogen-bond acceptors (Lipinski definition) is 5. The third-order valence-corrected chi connectivity index (χ3v) is 5.48. The van der Waals surface area contributed by atoms with E-state index < -0.39 is 0 Å². The summed E-state index contributed by atoms with van der Waals surface area (Å²) in [5, 5.41) is 10.3. The van der Waals surface area contributed by atoms with Crippen molar-refractivity contribution < 1.29 is 19.3 Å². The number of rotatable bonds is 3. The van der Waals surface area contributed by atoms with Crippen molar-refractivity contribution in [3.05, 3.63) is 34.9 Å². The van der Waals surface area contributed by atoms with Crippen molar-refractivity contribution >= 4 is 0 Å². The summed E-state index contributed by atoms with van der Waals surface area (Å²) >= 11 is 0. The first-order valence-electron chi connectivity index (χ1n) is 8.47. The van der Waals surface area contributed by atoms with Crippen molar-refractivity contribution in [2.45, 2.75) is 18.9 Å². The predicted molar refractivity (Wildman–Crippen MR) is 96.0 cm³/mol. The molecule has 0 spiro atoms. The Morgan fingerprint density at radius 2 is 1.72 bits per heavy atom. The van der Waals surface area contributed by atoms with E-state index in [1.807, 2.05) is 6.07 Å². The van der Waals surface area contributed by atoms with Crippen molar-refractivity contribution in [2.75, 3.05) is 34.9 Å². The van der Waals surface area contributed by atoms with Gasteiger partial charge in [-0.05, 0) is 60.3 Å². The molecule has 1 heterocycles. The fraction of sp³-hybridized carbons (Fsp3) is 0.400. The average molecular weight is 341 g/mol. The molecule has 2 aromatic rings. The molecule has 5 nitrogen and oxygen atoms in total. The summed E-state index contributed by atoms with van der Waals surface area (Å²) in [6.07, 6.45) is 1.87. The zero-order valence-corrected chi connectivity index (χ0v) is 15.0. The lowest BCUT2D eigenvalue weighted by Crippen LogP contribution is -2.35. The highest BCUT2D eigenvalue weighted by Gasteiger charge is 2.36. The molecule has 1 N–H and O–H groups in total. The average Bonchev–Trinajstić information content (AvgIpc) is 2.63. The van der Waals surface area contributed by atoms with E-state index in [1.54, 1.807) is 27.4 Å². The number of benzene rings is 2. The van der Waals surface area contributed by atoms with Crippen LogP contribution < -0.4 is 14.2 Å². The maximum atomic E-state index is 10.3. The monoisotopic (exact) mass is 341 g/mol. The van der Waals surface area contributed by atoms with Gasteiger partial charge < -0.3 is 19.3 Å². The number of aromatic hydroxyl groups is 1. The van der Waals surface area contributed by atoms with Gasteiger partial charge in [0.25, 0.3) is 0 Å². The van der Waals surface area contributed by atoms with Gasteiger partial charge in [-0.15, -0.1) is 0 Å². The molecule has 0 radical (unpaired) electrons. The third kappa shape index (κ3) is 2.26. The fourth-order valence-electron chi connectivity index (χ4n) is 4.23. The van der Waals surface area contributed by atoms with Crippen LogP contribution in [0.3, 0.4) is 0 Å². The highest BCUT2D eigenvalue weighted by molar-refractivity contribution is 5.85. The molecule has 2 aliphatic rings. The highest BCUT2D eigenvalue weighted by Crippen LogP contribution is 2.53. The van der Waals surface area contributed by atoms with E-state index in [2.05, 4.69) is 18.0 Å². The van der Waals surface area contributed by atoms with Crippen molar-refractivity contribution in [1.82, 2.24) is 4.90 Å². The lowest BCUT2D eigenvalue weighted by Gasteiger charge is -2.40. The quantitative estimate of drug-likeness (QED) is 0.929. The first-order valence-corrected chi connectivity index (χ1v) is 8.47. The molecule has 1 aliphatic heterocycles. The van der Waals surface area contributed by atoms with Gasteiger partial charge >= 0.3 is 0 Å². The Morgan fingerprint density at radius 1 is 1.00 bits per heavy atom. The van der Waals surface area contributed by atoms with E-state index in [1.165, 1.54) is 11.1 Å². The van der Waals surface area contributed by atoms with Crippen LogP contribution in [-0.4, -0.2) is 44.9 Å². The van der Waals surface area contributed by atoms with Crippen LogP contribution >= 0.6 is 0 Å². The Hall–Kier alpha value is -2.40. The topological polar surface area (TPSA) is 51.2 Å². The summed E-state index contributed by atoms with van der Waals surface area (Å²) < 4.78 is 16.6. The predicted octanol–water partition coefficient (Wildman–Crippen LogP) is 3.17. The van der Waals surface area contributed by atoms with Gasteiger partial charge in [-0.25, -0.2) is 0 Å². The van der Waals surface area contributed by atoms with Gasteiger partial charge in [0.15, 0.2) is 23.0 Å². The first kappa shape index (κ1) is 16.1. The van der Waals surface area contributed by atoms with E-state index in [-0.39, 0.29) is 5.75 Å². The van der Waals surface area contributed by atoms with E-state index in [4.69, 9.17) is 14.2 Å². The van der Waals surface area contributed by atoms with E-state index in [0.717, 1.165) is 47.6 Å². The van der Waals surface area contributed by atoms with Crippen LogP contribution in [0.25, 0.3) is 11.1 Å². The molecular weight excluding hydrogens is 318 g/mol. The number of likely N-dealkylation sites (N-methyl/N-ethyl adjacent to an activating group) is 1. The molecule has 4 rings (SSSR count). The molecule has 0 amide bonds. The minimum atomic E-state index is 0.141. The second-order valence-corrected chi connectivity index (χ2v) is 6.69. The molecule has 2 aromatic carbocycles. The van der Waals surface area contributed by atoms with Gasteiger partial charge in [0.1, 0.15) is 0 Å². The Balaban J connectivity index is 2.07. The van der Waals surface area contributed by atoms with Crippen molar-refractivity contribution in [3.63, 3.8) is 0 Å². The van der Waals surface area contributed by atoms with E-state index in [9.17, 15) is 5.11 Å². The summed E-state index contributed by atoms with van der Waals surface area (Å²) in [7, 11) is 7.07. The number of nitrogens with zero attached hydrogens (tertiary/aromatic N) is 1. The van der Waals surface area contributed by atoms with Crippen LogP contribution in [0.5, 0.6) is 23.0 Å². The Bertz CT molecular complexity index is 846. The molecule has 0 fully saturated rings. The molecular formula is C20H23NO4. The fourth-order valence-corrected chi connectivity index (χ4v) is 4.23. The second kappa shape index (κ2) is 5.85. The number of ether oxygens (including phenoxy) is 3. The smallest absolute Gasteiger partial charge is 0.168 e. The van der Waals surface area contributed by atoms with Crippen LogP contribution in [0.15, 0.2) is 18.2 Å². The number of phenols is 1. The first-order chi connectivity index (χ1) is 12.1. The Kier molecular flexibility index (Phi) is 3.76. The molecule has 1 unspecified atom stereocenters. The van der Waals surface area contributed by atoms with Gasteiger partial charge in [-0.1, -0.05) is 0 Å². The molecule has 25 heavy (non-hydrogen) atoms. The zero-order valence-electron chi connectivity index (χ0n) is 15.0. The number of hydrogen-bond donors (Lipinski definition) is 1. The number of methoxy groups -OCH3 is 3. The van der Waals surface area contributed by atoms with Gasteiger partial charge in [0.05, 0.1) is 21.3 Å². The lowest BCUT2D eigenvalue weighted by atomic mass is 9.76. The van der Waals surface area contributed by atoms with Gasteiger partial charge in [0, 0.05) is 18.2 Å². The van der Waals surface area contributed by atoms with Crippen molar-refractivity contribution in [2.24, 2.45) is 0 Å². The van der Waals surface area contributed by atoms with Crippen LogP contribution in [0.1, 0.15) is 22.7 Å². The molecule has 0 saturated carbocycles. The molecule has 132 valence electrons. The Labute approximate surface area is 147 Å². The van der Waals surface area contributed by atoms with Crippen LogP contribution in [0.2, 0.25) is 0 Å². The second-order valence-electron chi connectivity index (χ2n) is 6.69. The molecule has 0 aromatic heterocycles. The van der Waals surface area contributed by atoms with Crippen LogP contribution in [0.4, 0.5) is 0 Å². The van der Waals surface area contributed by atoms with E-state index >= 15 is 0 Å². The summed E-state index contributed by atoms with van der Waals surface area (Å²) in [5.41, 5.74) is 5.78. The lowest BCUT2D eigenvalue weighted by molar-refractivity contribution is 0.226. The number of phenolic OH excluding ortho intramolecular Hbond substituents is 1. The minimum Gasteiger partial charge on any atom is -0.504 e. The van der Waals surface area contributed by atoms with Gasteiger partial charge in [0.2, 0.25) is 0 Å². The van der Waals surface area contributed by atoms with Crippen molar-refractivity contribution in [3.8, 4) is 34.1 Å². The van der Waals surface area contributed by atoms with Crippen molar-refractivity contribution in [1.29, 1.82) is 0 Å². The normalized spacial score (nSPS) is 18.3. The summed E-state index contributed by atoms with van der Waals surface area (Å²) in [6.45, 7) is 1.01. The van der Waals surface area contributed by atoms with Gasteiger partial charge in [-0.3, -0.25) is 4.90 Å². The minimum absolute atomic E-state index is 0.141.